The Morgan fingerprint density at radius 2 is 2.28 bits per heavy atom. The first kappa shape index (κ1) is 12.6. The first-order valence-corrected chi connectivity index (χ1v) is 6.02. The van der Waals surface area contributed by atoms with Crippen LogP contribution >= 0.6 is 0 Å². The number of imidazole rings is 1. The monoisotopic (exact) mass is 249 g/mol. The van der Waals surface area contributed by atoms with Crippen LogP contribution in [0.1, 0.15) is 30.9 Å². The molecule has 0 aliphatic carbocycles. The number of rotatable bonds is 5. The molecule has 98 valence electrons. The van der Waals surface area contributed by atoms with Gasteiger partial charge in [-0.15, -0.1) is 0 Å². The molecule has 0 radical (unpaired) electrons. The third-order valence-corrected chi connectivity index (χ3v) is 2.87. The smallest absolute Gasteiger partial charge is 0.211 e. The van der Waals surface area contributed by atoms with E-state index in [1.807, 2.05) is 19.3 Å². The van der Waals surface area contributed by atoms with E-state index in [0.29, 0.717) is 5.88 Å². The van der Waals surface area contributed by atoms with Crippen molar-refractivity contribution in [3.8, 4) is 5.88 Å². The Morgan fingerprint density at radius 3 is 2.89 bits per heavy atom. The van der Waals surface area contributed by atoms with Gasteiger partial charge in [0, 0.05) is 32.1 Å². The van der Waals surface area contributed by atoms with Gasteiger partial charge in [0.2, 0.25) is 5.88 Å². The predicted molar refractivity (Wildman–Crippen MR) is 68.3 cm³/mol. The Hall–Kier alpha value is -1.82. The van der Waals surface area contributed by atoms with E-state index in [0.717, 1.165) is 24.5 Å². The highest BCUT2D eigenvalue weighted by molar-refractivity contribution is 5.23. The number of hydrogen-bond donors (Lipinski definition) is 1. The summed E-state index contributed by atoms with van der Waals surface area (Å²) in [5.74, 6) is 1.52. The van der Waals surface area contributed by atoms with Crippen molar-refractivity contribution in [3.63, 3.8) is 0 Å². The molecule has 2 heterocycles. The van der Waals surface area contributed by atoms with Gasteiger partial charge in [0.1, 0.15) is 11.9 Å². The summed E-state index contributed by atoms with van der Waals surface area (Å²) in [4.78, 5) is 4.32. The van der Waals surface area contributed by atoms with E-state index in [2.05, 4.69) is 21.6 Å². The van der Waals surface area contributed by atoms with Crippen LogP contribution in [0.2, 0.25) is 0 Å². The number of nitrogens with zero attached hydrogens (tertiary/aromatic N) is 4. The lowest BCUT2D eigenvalue weighted by molar-refractivity contribution is 0.373. The second-order valence-electron chi connectivity index (χ2n) is 4.19. The van der Waals surface area contributed by atoms with Gasteiger partial charge in [-0.1, -0.05) is 6.92 Å². The second kappa shape index (κ2) is 5.22. The highest BCUT2D eigenvalue weighted by atomic mass is 16.5. The molecule has 0 aromatic carbocycles. The van der Waals surface area contributed by atoms with E-state index >= 15 is 0 Å². The van der Waals surface area contributed by atoms with Gasteiger partial charge in [0.25, 0.3) is 0 Å². The summed E-state index contributed by atoms with van der Waals surface area (Å²) < 4.78 is 8.92. The lowest BCUT2D eigenvalue weighted by atomic mass is 10.2. The fourth-order valence-corrected chi connectivity index (χ4v) is 1.98. The first-order valence-electron chi connectivity index (χ1n) is 6.02. The minimum absolute atomic E-state index is 0.332. The molecule has 0 bridgehead atoms. The zero-order valence-electron chi connectivity index (χ0n) is 11.0. The first-order chi connectivity index (χ1) is 8.67. The lowest BCUT2D eigenvalue weighted by Crippen LogP contribution is -2.18. The van der Waals surface area contributed by atoms with E-state index in [1.165, 1.54) is 0 Å². The molecule has 6 nitrogen and oxygen atoms in total. The molecule has 0 spiro atoms. The summed E-state index contributed by atoms with van der Waals surface area (Å²) in [6.45, 7) is 3.03. The molecule has 0 saturated carbocycles. The van der Waals surface area contributed by atoms with Crippen LogP contribution in [0.15, 0.2) is 18.5 Å². The van der Waals surface area contributed by atoms with Crippen molar-refractivity contribution < 1.29 is 4.74 Å². The molecule has 2 rings (SSSR count). The van der Waals surface area contributed by atoms with Crippen molar-refractivity contribution in [2.75, 3.05) is 7.11 Å². The van der Waals surface area contributed by atoms with E-state index in [4.69, 9.17) is 10.5 Å². The van der Waals surface area contributed by atoms with Crippen LogP contribution in [0, 0.1) is 0 Å². The molecule has 0 aliphatic heterocycles. The maximum Gasteiger partial charge on any atom is 0.211 e. The third kappa shape index (κ3) is 2.24. The molecule has 6 heteroatoms. The molecule has 0 amide bonds. The van der Waals surface area contributed by atoms with Crippen LogP contribution < -0.4 is 10.5 Å². The van der Waals surface area contributed by atoms with Gasteiger partial charge in [-0.3, -0.25) is 0 Å². The Kier molecular flexibility index (Phi) is 3.66. The minimum atomic E-state index is -0.332. The summed E-state index contributed by atoms with van der Waals surface area (Å²) in [7, 11) is 3.44. The fraction of sp³-hybridized carbons (Fsp3) is 0.500. The van der Waals surface area contributed by atoms with E-state index in [-0.39, 0.29) is 6.04 Å². The number of methoxy groups -OCH3 is 1. The number of ether oxygens (including phenoxy) is 1. The van der Waals surface area contributed by atoms with Crippen LogP contribution in [0.25, 0.3) is 0 Å². The fourth-order valence-electron chi connectivity index (χ4n) is 1.98. The average Bonchev–Trinajstić information content (AvgIpc) is 2.95. The summed E-state index contributed by atoms with van der Waals surface area (Å²) in [6.07, 6.45) is 4.76. The van der Waals surface area contributed by atoms with Crippen molar-refractivity contribution in [3.05, 3.63) is 30.0 Å². The van der Waals surface area contributed by atoms with Gasteiger partial charge < -0.3 is 15.0 Å². The Morgan fingerprint density at radius 1 is 1.50 bits per heavy atom. The molecule has 2 aromatic heterocycles. The van der Waals surface area contributed by atoms with E-state index in [1.54, 1.807) is 18.0 Å². The van der Waals surface area contributed by atoms with Gasteiger partial charge >= 0.3 is 0 Å². The van der Waals surface area contributed by atoms with Crippen LogP contribution in [-0.4, -0.2) is 26.4 Å². The highest BCUT2D eigenvalue weighted by Crippen LogP contribution is 2.21. The SMILES string of the molecule is CCCn1ccnc1C(N)c1cc(OC)n(C)n1. The van der Waals surface area contributed by atoms with Crippen LogP contribution in [0.3, 0.4) is 0 Å². The molecule has 0 fully saturated rings. The second-order valence-corrected chi connectivity index (χ2v) is 4.19. The highest BCUT2D eigenvalue weighted by Gasteiger charge is 2.19. The number of nitrogens with two attached hydrogens (primary N) is 1. The summed E-state index contributed by atoms with van der Waals surface area (Å²) >= 11 is 0. The van der Waals surface area contributed by atoms with Gasteiger partial charge in [-0.2, -0.15) is 5.10 Å². The normalized spacial score (nSPS) is 12.7. The molecule has 1 atom stereocenters. The van der Waals surface area contributed by atoms with Crippen LogP contribution in [0.5, 0.6) is 5.88 Å². The van der Waals surface area contributed by atoms with Gasteiger partial charge in [0.05, 0.1) is 12.8 Å². The van der Waals surface area contributed by atoms with Crippen molar-refractivity contribution >= 4 is 0 Å². The maximum absolute atomic E-state index is 6.21. The van der Waals surface area contributed by atoms with Crippen molar-refractivity contribution in [1.82, 2.24) is 19.3 Å². The van der Waals surface area contributed by atoms with Gasteiger partial charge in [-0.05, 0) is 6.42 Å². The zero-order valence-corrected chi connectivity index (χ0v) is 11.0. The van der Waals surface area contributed by atoms with Crippen LogP contribution in [-0.2, 0) is 13.6 Å². The number of hydrogen-bond acceptors (Lipinski definition) is 4. The third-order valence-electron chi connectivity index (χ3n) is 2.87. The zero-order chi connectivity index (χ0) is 13.1. The van der Waals surface area contributed by atoms with Crippen molar-refractivity contribution in [2.45, 2.75) is 25.9 Å². The maximum atomic E-state index is 6.21. The molecular formula is C12H19N5O. The lowest BCUT2D eigenvalue weighted by Gasteiger charge is -2.11. The molecule has 1 unspecified atom stereocenters. The molecule has 2 N–H and O–H groups in total. The summed E-state index contributed by atoms with van der Waals surface area (Å²) in [5.41, 5.74) is 6.98. The molecular weight excluding hydrogens is 230 g/mol. The quantitative estimate of drug-likeness (QED) is 0.861. The predicted octanol–water partition coefficient (Wildman–Crippen LogP) is 1.08. The summed E-state index contributed by atoms with van der Waals surface area (Å²) in [5, 5.41) is 4.35. The average molecular weight is 249 g/mol. The van der Waals surface area contributed by atoms with Gasteiger partial charge in [0.15, 0.2) is 0 Å². The minimum Gasteiger partial charge on any atom is -0.481 e. The van der Waals surface area contributed by atoms with E-state index < -0.39 is 0 Å². The van der Waals surface area contributed by atoms with E-state index in [9.17, 15) is 0 Å². The largest absolute Gasteiger partial charge is 0.481 e. The Bertz CT molecular complexity index is 516. The van der Waals surface area contributed by atoms with Gasteiger partial charge in [-0.25, -0.2) is 9.67 Å². The van der Waals surface area contributed by atoms with Crippen LogP contribution in [0.4, 0.5) is 0 Å². The number of aromatic nitrogens is 4. The standard InChI is InChI=1S/C12H19N5O/c1-4-6-17-7-5-14-12(17)11(13)9-8-10(18-3)16(2)15-9/h5,7-8,11H,4,6,13H2,1-3H3. The molecule has 18 heavy (non-hydrogen) atoms. The molecule has 0 saturated heterocycles. The Labute approximate surface area is 106 Å². The van der Waals surface area contributed by atoms with Crippen molar-refractivity contribution in [1.29, 1.82) is 0 Å². The Balaban J connectivity index is 2.29. The molecule has 2 aromatic rings. The summed E-state index contributed by atoms with van der Waals surface area (Å²) in [6, 6.07) is 1.51. The van der Waals surface area contributed by atoms with Crippen molar-refractivity contribution in [2.24, 2.45) is 12.8 Å². The number of aryl methyl sites for hydroxylation is 2. The topological polar surface area (TPSA) is 70.9 Å². The molecule has 0 aliphatic rings.